The molecule has 0 bridgehead atoms. The molecule has 32 heavy (non-hydrogen) atoms. The Morgan fingerprint density at radius 1 is 1.06 bits per heavy atom. The summed E-state index contributed by atoms with van der Waals surface area (Å²) in [6.07, 6.45) is 0. The van der Waals surface area contributed by atoms with Crippen molar-refractivity contribution >= 4 is 29.3 Å². The van der Waals surface area contributed by atoms with Crippen LogP contribution in [0.5, 0.6) is 0 Å². The number of anilines is 2. The van der Waals surface area contributed by atoms with Gasteiger partial charge < -0.3 is 15.0 Å². The van der Waals surface area contributed by atoms with Gasteiger partial charge in [-0.05, 0) is 56.7 Å². The first-order valence-corrected chi connectivity index (χ1v) is 10.6. The highest BCUT2D eigenvalue weighted by Crippen LogP contribution is 2.20. The summed E-state index contributed by atoms with van der Waals surface area (Å²) in [5, 5.41) is 5.15. The van der Waals surface area contributed by atoms with E-state index < -0.39 is 6.03 Å². The molecule has 2 aromatic rings. The molecule has 2 N–H and O–H groups in total. The van der Waals surface area contributed by atoms with Crippen molar-refractivity contribution in [2.45, 2.75) is 26.8 Å². The fraction of sp³-hybridized carbons (Fsp3) is 0.375. The van der Waals surface area contributed by atoms with Crippen LogP contribution in [0.2, 0.25) is 0 Å². The quantitative estimate of drug-likeness (QED) is 0.698. The molecule has 0 saturated carbocycles. The number of carbonyl (C=O) groups excluding carboxylic acids is 3. The molecule has 170 valence electrons. The molecule has 1 heterocycles. The van der Waals surface area contributed by atoms with Crippen LogP contribution in [0.4, 0.5) is 16.2 Å². The molecule has 0 aromatic heterocycles. The Bertz CT molecular complexity index is 990. The molecule has 0 radical (unpaired) electrons. The number of methoxy groups -OCH3 is 1. The van der Waals surface area contributed by atoms with Gasteiger partial charge in [-0.2, -0.15) is 0 Å². The lowest BCUT2D eigenvalue weighted by molar-refractivity contribution is -0.121. The Morgan fingerprint density at radius 3 is 2.41 bits per heavy atom. The molecule has 1 unspecified atom stereocenters. The van der Waals surface area contributed by atoms with E-state index in [1.54, 1.807) is 12.1 Å². The van der Waals surface area contributed by atoms with Gasteiger partial charge in [-0.1, -0.05) is 17.7 Å². The summed E-state index contributed by atoms with van der Waals surface area (Å²) >= 11 is 0. The van der Waals surface area contributed by atoms with E-state index in [0.717, 1.165) is 29.9 Å². The second-order valence-electron chi connectivity index (χ2n) is 8.12. The molecule has 1 aliphatic rings. The molecule has 0 spiro atoms. The van der Waals surface area contributed by atoms with E-state index >= 15 is 0 Å². The molecule has 3 rings (SSSR count). The highest BCUT2D eigenvalue weighted by molar-refractivity contribution is 6.02. The third-order valence-electron chi connectivity index (χ3n) is 5.65. The van der Waals surface area contributed by atoms with Crippen LogP contribution in [0.3, 0.4) is 0 Å². The lowest BCUT2D eigenvalue weighted by Gasteiger charge is -2.40. The predicted octanol–water partition coefficient (Wildman–Crippen LogP) is 2.95. The number of aryl methyl sites for hydroxylation is 2. The van der Waals surface area contributed by atoms with Gasteiger partial charge in [0, 0.05) is 37.1 Å². The molecule has 3 amide bonds. The maximum absolute atomic E-state index is 12.4. The third-order valence-corrected chi connectivity index (χ3v) is 5.65. The van der Waals surface area contributed by atoms with Crippen molar-refractivity contribution < 1.29 is 19.1 Å². The molecular weight excluding hydrogens is 408 g/mol. The van der Waals surface area contributed by atoms with E-state index in [-0.39, 0.29) is 24.5 Å². The normalized spacial score (nSPS) is 16.4. The molecular formula is C24H30N4O4. The Labute approximate surface area is 188 Å². The summed E-state index contributed by atoms with van der Waals surface area (Å²) in [5.74, 6) is -0.697. The van der Waals surface area contributed by atoms with Gasteiger partial charge in [0.1, 0.15) is 0 Å². The van der Waals surface area contributed by atoms with Crippen LogP contribution in [0, 0.1) is 13.8 Å². The first-order chi connectivity index (χ1) is 15.3. The topological polar surface area (TPSA) is 91.0 Å². The zero-order chi connectivity index (χ0) is 23.3. The van der Waals surface area contributed by atoms with Crippen molar-refractivity contribution in [2.75, 3.05) is 43.5 Å². The van der Waals surface area contributed by atoms with Crippen LogP contribution < -0.4 is 15.5 Å². The Morgan fingerprint density at radius 2 is 1.78 bits per heavy atom. The number of hydrogen-bond donors (Lipinski definition) is 2. The van der Waals surface area contributed by atoms with Gasteiger partial charge in [-0.25, -0.2) is 9.59 Å². The molecule has 1 fully saturated rings. The van der Waals surface area contributed by atoms with Gasteiger partial charge in [0.05, 0.1) is 19.2 Å². The van der Waals surface area contributed by atoms with Crippen molar-refractivity contribution in [3.63, 3.8) is 0 Å². The highest BCUT2D eigenvalue weighted by atomic mass is 16.5. The van der Waals surface area contributed by atoms with Crippen molar-refractivity contribution in [2.24, 2.45) is 0 Å². The Hall–Kier alpha value is -3.39. The lowest BCUT2D eigenvalue weighted by atomic mass is 10.1. The zero-order valence-electron chi connectivity index (χ0n) is 19.0. The average Bonchev–Trinajstić information content (AvgIpc) is 2.76. The van der Waals surface area contributed by atoms with Crippen LogP contribution in [0.1, 0.15) is 28.4 Å². The summed E-state index contributed by atoms with van der Waals surface area (Å²) in [4.78, 5) is 40.5. The van der Waals surface area contributed by atoms with E-state index in [2.05, 4.69) is 27.4 Å². The number of amides is 3. The minimum atomic E-state index is -0.529. The molecule has 1 saturated heterocycles. The fourth-order valence-corrected chi connectivity index (χ4v) is 3.85. The highest BCUT2D eigenvalue weighted by Gasteiger charge is 2.26. The van der Waals surface area contributed by atoms with Crippen LogP contribution >= 0.6 is 0 Å². The number of nitrogens with one attached hydrogen (secondary N) is 2. The molecule has 2 aromatic carbocycles. The van der Waals surface area contributed by atoms with Crippen molar-refractivity contribution in [3.05, 3.63) is 59.2 Å². The average molecular weight is 439 g/mol. The molecule has 1 atom stereocenters. The van der Waals surface area contributed by atoms with Gasteiger partial charge in [0.25, 0.3) is 0 Å². The standard InChI is InChI=1S/C24H30N4O4/c1-16-5-10-21(17(2)13-16)25-24(31)26-22(29)15-27-11-12-28(14-18(27)3)20-8-6-19(7-9-20)23(30)32-4/h5-10,13,18H,11-12,14-15H2,1-4H3,(H2,25,26,29,31). The first-order valence-electron chi connectivity index (χ1n) is 10.6. The molecule has 8 nitrogen and oxygen atoms in total. The maximum atomic E-state index is 12.4. The van der Waals surface area contributed by atoms with Crippen LogP contribution in [0.25, 0.3) is 0 Å². The number of rotatable bonds is 5. The summed E-state index contributed by atoms with van der Waals surface area (Å²) in [7, 11) is 1.36. The number of piperazine rings is 1. The Kier molecular flexibility index (Phi) is 7.48. The van der Waals surface area contributed by atoms with Crippen molar-refractivity contribution in [1.82, 2.24) is 10.2 Å². The van der Waals surface area contributed by atoms with E-state index in [4.69, 9.17) is 4.74 Å². The summed E-state index contributed by atoms with van der Waals surface area (Å²) in [6, 6.07) is 12.6. The number of esters is 1. The van der Waals surface area contributed by atoms with E-state index in [0.29, 0.717) is 17.8 Å². The number of carbonyl (C=O) groups is 3. The monoisotopic (exact) mass is 438 g/mol. The SMILES string of the molecule is COC(=O)c1ccc(N2CCN(CC(=O)NC(=O)Nc3ccc(C)cc3C)C(C)C2)cc1. The second-order valence-corrected chi connectivity index (χ2v) is 8.12. The summed E-state index contributed by atoms with van der Waals surface area (Å²) < 4.78 is 4.74. The minimum Gasteiger partial charge on any atom is -0.465 e. The van der Waals surface area contributed by atoms with Crippen molar-refractivity contribution in [1.29, 1.82) is 0 Å². The maximum Gasteiger partial charge on any atom is 0.337 e. The van der Waals surface area contributed by atoms with Gasteiger partial charge in [-0.15, -0.1) is 0 Å². The number of benzene rings is 2. The van der Waals surface area contributed by atoms with Gasteiger partial charge in [0.2, 0.25) is 5.91 Å². The first kappa shape index (κ1) is 23.3. The second kappa shape index (κ2) is 10.3. The smallest absolute Gasteiger partial charge is 0.337 e. The minimum absolute atomic E-state index is 0.122. The van der Waals surface area contributed by atoms with E-state index in [9.17, 15) is 14.4 Å². The Balaban J connectivity index is 1.49. The van der Waals surface area contributed by atoms with E-state index in [1.807, 2.05) is 44.2 Å². The molecule has 1 aliphatic heterocycles. The zero-order valence-corrected chi connectivity index (χ0v) is 19.0. The summed E-state index contributed by atoms with van der Waals surface area (Å²) in [5.41, 5.74) is 4.26. The third kappa shape index (κ3) is 5.85. The van der Waals surface area contributed by atoms with Gasteiger partial charge in [-0.3, -0.25) is 15.0 Å². The molecule has 0 aliphatic carbocycles. The van der Waals surface area contributed by atoms with Crippen LogP contribution in [-0.2, 0) is 9.53 Å². The number of hydrogen-bond acceptors (Lipinski definition) is 6. The van der Waals surface area contributed by atoms with Crippen LogP contribution in [0.15, 0.2) is 42.5 Å². The molecule has 8 heteroatoms. The van der Waals surface area contributed by atoms with Crippen LogP contribution in [-0.4, -0.2) is 62.1 Å². The van der Waals surface area contributed by atoms with Gasteiger partial charge in [0.15, 0.2) is 0 Å². The lowest BCUT2D eigenvalue weighted by Crippen LogP contribution is -2.55. The van der Waals surface area contributed by atoms with E-state index in [1.165, 1.54) is 7.11 Å². The number of urea groups is 1. The number of imide groups is 1. The summed E-state index contributed by atoms with van der Waals surface area (Å²) in [6.45, 7) is 8.26. The fourth-order valence-electron chi connectivity index (χ4n) is 3.85. The van der Waals surface area contributed by atoms with Gasteiger partial charge >= 0.3 is 12.0 Å². The number of nitrogens with zero attached hydrogens (tertiary/aromatic N) is 2. The number of ether oxygens (including phenoxy) is 1. The van der Waals surface area contributed by atoms with Crippen molar-refractivity contribution in [3.8, 4) is 0 Å². The predicted molar refractivity (Wildman–Crippen MR) is 124 cm³/mol. The largest absolute Gasteiger partial charge is 0.465 e.